The van der Waals surface area contributed by atoms with Crippen molar-refractivity contribution < 1.29 is 9.59 Å². The summed E-state index contributed by atoms with van der Waals surface area (Å²) in [5, 5.41) is 5.37. The van der Waals surface area contributed by atoms with Crippen LogP contribution in [0.2, 0.25) is 0 Å². The number of hydrogen-bond donors (Lipinski definition) is 4. The Morgan fingerprint density at radius 2 is 1.27 bits per heavy atom. The zero-order valence-electron chi connectivity index (χ0n) is 11.3. The van der Waals surface area contributed by atoms with Crippen LogP contribution in [0.3, 0.4) is 0 Å². The first-order valence-electron chi connectivity index (χ1n) is 6.44. The quantitative estimate of drug-likeness (QED) is 0.585. The summed E-state index contributed by atoms with van der Waals surface area (Å²) in [5.41, 5.74) is 0.924. The number of carbonyl (C=O) groups is 2. The number of imidazole rings is 2. The molecular formula is C14H12N6O2. The first kappa shape index (κ1) is 13.6. The Bertz CT molecular complexity index is 712. The van der Waals surface area contributed by atoms with Gasteiger partial charge >= 0.3 is 0 Å². The molecule has 2 amide bonds. The molecule has 8 nitrogen and oxygen atoms in total. The molecule has 1 aromatic carbocycles. The Balaban J connectivity index is 1.78. The fourth-order valence-corrected chi connectivity index (χ4v) is 1.84. The van der Waals surface area contributed by atoms with Crippen LogP contribution in [0.15, 0.2) is 49.1 Å². The molecule has 0 aliphatic heterocycles. The fraction of sp³-hybridized carbons (Fsp3) is 0. The van der Waals surface area contributed by atoms with Crippen molar-refractivity contribution >= 4 is 23.2 Å². The van der Waals surface area contributed by atoms with Crippen molar-refractivity contribution in [3.63, 3.8) is 0 Å². The number of nitrogens with zero attached hydrogens (tertiary/aromatic N) is 2. The van der Waals surface area contributed by atoms with Gasteiger partial charge in [-0.2, -0.15) is 0 Å². The number of aromatic nitrogens is 4. The van der Waals surface area contributed by atoms with E-state index >= 15 is 0 Å². The molecule has 0 unspecified atom stereocenters. The highest BCUT2D eigenvalue weighted by molar-refractivity contribution is 6.07. The van der Waals surface area contributed by atoms with Crippen LogP contribution in [0.25, 0.3) is 0 Å². The lowest BCUT2D eigenvalue weighted by Gasteiger charge is -2.10. The maximum absolute atomic E-state index is 12.0. The molecule has 4 N–H and O–H groups in total. The molecule has 0 saturated heterocycles. The molecule has 3 rings (SSSR count). The molecule has 2 aromatic heterocycles. The first-order valence-corrected chi connectivity index (χ1v) is 6.44. The Hall–Kier alpha value is -3.42. The Morgan fingerprint density at radius 3 is 1.64 bits per heavy atom. The standard InChI is InChI=1S/C14H12N6O2/c21-13(11-15-5-6-16-11)19-9-3-1-2-4-10(9)20-14(22)12-17-7-8-18-12/h1-8H,(H,15,16)(H,17,18)(H,19,21)(H,20,22). The van der Waals surface area contributed by atoms with Gasteiger partial charge in [-0.3, -0.25) is 9.59 Å². The molecular weight excluding hydrogens is 284 g/mol. The zero-order valence-corrected chi connectivity index (χ0v) is 11.3. The lowest BCUT2D eigenvalue weighted by atomic mass is 10.2. The van der Waals surface area contributed by atoms with Gasteiger partial charge in [-0.05, 0) is 12.1 Å². The van der Waals surface area contributed by atoms with Crippen molar-refractivity contribution in [1.82, 2.24) is 19.9 Å². The van der Waals surface area contributed by atoms with E-state index in [1.54, 1.807) is 36.7 Å². The molecule has 22 heavy (non-hydrogen) atoms. The minimum atomic E-state index is -0.398. The van der Waals surface area contributed by atoms with Gasteiger partial charge in [-0.15, -0.1) is 0 Å². The van der Waals surface area contributed by atoms with E-state index in [0.717, 1.165) is 0 Å². The second-order valence-electron chi connectivity index (χ2n) is 4.33. The predicted molar refractivity (Wildman–Crippen MR) is 79.5 cm³/mol. The van der Waals surface area contributed by atoms with E-state index in [4.69, 9.17) is 0 Å². The minimum Gasteiger partial charge on any atom is -0.341 e. The predicted octanol–water partition coefficient (Wildman–Crippen LogP) is 1.64. The van der Waals surface area contributed by atoms with Crippen molar-refractivity contribution in [2.75, 3.05) is 10.6 Å². The third-order valence-electron chi connectivity index (χ3n) is 2.85. The maximum atomic E-state index is 12.0. The number of H-pyrrole nitrogens is 2. The molecule has 0 radical (unpaired) electrons. The topological polar surface area (TPSA) is 116 Å². The van der Waals surface area contributed by atoms with Crippen molar-refractivity contribution in [3.8, 4) is 0 Å². The van der Waals surface area contributed by atoms with Crippen molar-refractivity contribution in [2.45, 2.75) is 0 Å². The molecule has 0 spiro atoms. The van der Waals surface area contributed by atoms with E-state index in [0.29, 0.717) is 11.4 Å². The molecule has 0 atom stereocenters. The van der Waals surface area contributed by atoms with Crippen LogP contribution >= 0.6 is 0 Å². The largest absolute Gasteiger partial charge is 0.341 e. The minimum absolute atomic E-state index is 0.187. The van der Waals surface area contributed by atoms with Gasteiger partial charge in [0, 0.05) is 24.8 Å². The molecule has 0 bridgehead atoms. The van der Waals surface area contributed by atoms with Gasteiger partial charge in [0.25, 0.3) is 11.8 Å². The fourth-order valence-electron chi connectivity index (χ4n) is 1.84. The summed E-state index contributed by atoms with van der Waals surface area (Å²) in [7, 11) is 0. The highest BCUT2D eigenvalue weighted by atomic mass is 16.2. The summed E-state index contributed by atoms with van der Waals surface area (Å²) in [5.74, 6) is -0.422. The van der Waals surface area contributed by atoms with E-state index in [-0.39, 0.29) is 11.6 Å². The molecule has 8 heteroatoms. The number of nitrogens with one attached hydrogen (secondary N) is 4. The van der Waals surface area contributed by atoms with Crippen molar-refractivity contribution in [2.24, 2.45) is 0 Å². The van der Waals surface area contributed by atoms with E-state index in [2.05, 4.69) is 30.6 Å². The number of benzene rings is 1. The highest BCUT2D eigenvalue weighted by Crippen LogP contribution is 2.21. The zero-order chi connectivity index (χ0) is 15.4. The van der Waals surface area contributed by atoms with Crippen LogP contribution in [0, 0.1) is 0 Å². The number of hydrogen-bond acceptors (Lipinski definition) is 4. The summed E-state index contributed by atoms with van der Waals surface area (Å²) < 4.78 is 0. The average Bonchev–Trinajstić information content (AvgIpc) is 3.23. The SMILES string of the molecule is O=C(Nc1ccccc1NC(=O)c1ncc[nH]1)c1ncc[nH]1. The van der Waals surface area contributed by atoms with Gasteiger partial charge in [0.1, 0.15) is 0 Å². The Kier molecular flexibility index (Phi) is 3.65. The van der Waals surface area contributed by atoms with Crippen LogP contribution in [-0.2, 0) is 0 Å². The van der Waals surface area contributed by atoms with Gasteiger partial charge < -0.3 is 20.6 Å². The number of anilines is 2. The number of carbonyl (C=O) groups excluding carboxylic acids is 2. The molecule has 0 aliphatic rings. The summed E-state index contributed by atoms with van der Waals surface area (Å²) >= 11 is 0. The van der Waals surface area contributed by atoms with Crippen LogP contribution in [0.1, 0.15) is 21.2 Å². The van der Waals surface area contributed by atoms with Gasteiger partial charge in [0.2, 0.25) is 0 Å². The van der Waals surface area contributed by atoms with Gasteiger partial charge in [-0.25, -0.2) is 9.97 Å². The van der Waals surface area contributed by atoms with E-state index in [1.165, 1.54) is 12.4 Å². The lowest BCUT2D eigenvalue weighted by Crippen LogP contribution is -2.18. The molecule has 0 aliphatic carbocycles. The second kappa shape index (κ2) is 5.92. The highest BCUT2D eigenvalue weighted by Gasteiger charge is 2.14. The summed E-state index contributed by atoms with van der Waals surface area (Å²) in [6, 6.07) is 6.86. The summed E-state index contributed by atoms with van der Waals surface area (Å²) in [6.45, 7) is 0. The summed E-state index contributed by atoms with van der Waals surface area (Å²) in [6.07, 6.45) is 6.08. The number of para-hydroxylation sites is 2. The third kappa shape index (κ3) is 2.85. The van der Waals surface area contributed by atoms with Gasteiger partial charge in [0.15, 0.2) is 11.6 Å². The van der Waals surface area contributed by atoms with Gasteiger partial charge in [-0.1, -0.05) is 12.1 Å². The maximum Gasteiger partial charge on any atom is 0.291 e. The van der Waals surface area contributed by atoms with Crippen LogP contribution in [0.4, 0.5) is 11.4 Å². The molecule has 2 heterocycles. The molecule has 3 aromatic rings. The smallest absolute Gasteiger partial charge is 0.291 e. The van der Waals surface area contributed by atoms with Crippen LogP contribution in [-0.4, -0.2) is 31.8 Å². The molecule has 110 valence electrons. The van der Waals surface area contributed by atoms with Crippen LogP contribution < -0.4 is 10.6 Å². The second-order valence-corrected chi connectivity index (χ2v) is 4.33. The number of rotatable bonds is 4. The van der Waals surface area contributed by atoms with Crippen molar-refractivity contribution in [1.29, 1.82) is 0 Å². The first-order chi connectivity index (χ1) is 10.7. The number of amides is 2. The lowest BCUT2D eigenvalue weighted by molar-refractivity contribution is 0.100. The molecule has 0 saturated carbocycles. The Labute approximate surface area is 125 Å². The van der Waals surface area contributed by atoms with Crippen molar-refractivity contribution in [3.05, 3.63) is 60.7 Å². The third-order valence-corrected chi connectivity index (χ3v) is 2.85. The normalized spacial score (nSPS) is 10.2. The summed E-state index contributed by atoms with van der Waals surface area (Å²) in [4.78, 5) is 37.2. The van der Waals surface area contributed by atoms with Gasteiger partial charge in [0.05, 0.1) is 11.4 Å². The van der Waals surface area contributed by atoms with E-state index in [9.17, 15) is 9.59 Å². The van der Waals surface area contributed by atoms with E-state index < -0.39 is 11.8 Å². The average molecular weight is 296 g/mol. The van der Waals surface area contributed by atoms with E-state index in [1.807, 2.05) is 0 Å². The monoisotopic (exact) mass is 296 g/mol. The Morgan fingerprint density at radius 1 is 0.818 bits per heavy atom. The molecule has 0 fully saturated rings. The number of aromatic amines is 2. The van der Waals surface area contributed by atoms with Crippen LogP contribution in [0.5, 0.6) is 0 Å².